The van der Waals surface area contributed by atoms with E-state index in [4.69, 9.17) is 0 Å². The van der Waals surface area contributed by atoms with Gasteiger partial charge in [0.15, 0.2) is 0 Å². The molecule has 0 aromatic heterocycles. The molecule has 0 aliphatic heterocycles. The van der Waals surface area contributed by atoms with Crippen molar-refractivity contribution in [2.45, 2.75) is 58.8 Å². The summed E-state index contributed by atoms with van der Waals surface area (Å²) in [4.78, 5) is 64.1. The van der Waals surface area contributed by atoms with E-state index in [0.717, 1.165) is 47.0 Å². The lowest BCUT2D eigenvalue weighted by Gasteiger charge is -2.11. The fourth-order valence-corrected chi connectivity index (χ4v) is 1.94. The van der Waals surface area contributed by atoms with Gasteiger partial charge in [-0.3, -0.25) is 14.4 Å². The number of hydrogen-bond donors (Lipinski definition) is 0. The number of ketones is 1. The van der Waals surface area contributed by atoms with Crippen molar-refractivity contribution in [2.24, 2.45) is 5.92 Å². The fourth-order valence-electron chi connectivity index (χ4n) is 1.94. The molecule has 11 nitrogen and oxygen atoms in total. The molecule has 0 unspecified atom stereocenters. The summed E-state index contributed by atoms with van der Waals surface area (Å²) < 4.78 is 21.2. The van der Waals surface area contributed by atoms with E-state index in [-0.39, 0.29) is 5.97 Å². The van der Waals surface area contributed by atoms with E-state index in [9.17, 15) is 28.8 Å². The molecular formula is C21H36O11. The summed E-state index contributed by atoms with van der Waals surface area (Å²) in [5.74, 6) is -5.59. The van der Waals surface area contributed by atoms with Crippen LogP contribution in [0.2, 0.25) is 0 Å². The Morgan fingerprint density at radius 1 is 0.594 bits per heavy atom. The Hall–Kier alpha value is -2.98. The minimum atomic E-state index is -1.03. The number of hydrogen-bond acceptors (Lipinski definition) is 11. The minimum absolute atomic E-state index is 0.0940. The first-order chi connectivity index (χ1) is 15.1. The van der Waals surface area contributed by atoms with Gasteiger partial charge in [-0.1, -0.05) is 39.5 Å². The highest BCUT2D eigenvalue weighted by atomic mass is 16.6. The number of unbranched alkanes of at least 4 members (excludes halogenated alkanes) is 3. The summed E-state index contributed by atoms with van der Waals surface area (Å²) in [5, 5.41) is 0. The van der Waals surface area contributed by atoms with Crippen LogP contribution < -0.4 is 0 Å². The lowest BCUT2D eigenvalue weighted by Crippen LogP contribution is -2.31. The third kappa shape index (κ3) is 17.8. The second-order valence-corrected chi connectivity index (χ2v) is 6.09. The standard InChI is InChI=1S/C10H16O5.C7H14O2.C4H6O4/c1-4-5-6-7(9(12)14-2)8(11)10(13)15-3;1-3-4-5-6-7(8)9-2;1-7-3(5)4(6)8-2/h7H,4-6H2,1-3H3;3-6H2,1-2H3;1-2H3/t7-;;/m0../s1. The minimum Gasteiger partial charge on any atom is -0.469 e. The van der Waals surface area contributed by atoms with E-state index >= 15 is 0 Å². The molecule has 0 heterocycles. The van der Waals surface area contributed by atoms with Crippen LogP contribution in [0.1, 0.15) is 58.8 Å². The first kappa shape index (κ1) is 33.7. The average molecular weight is 465 g/mol. The van der Waals surface area contributed by atoms with Gasteiger partial charge in [0.25, 0.3) is 5.78 Å². The molecule has 0 bridgehead atoms. The summed E-state index contributed by atoms with van der Waals surface area (Å²) in [6, 6.07) is 0. The van der Waals surface area contributed by atoms with Crippen molar-refractivity contribution in [1.82, 2.24) is 0 Å². The Labute approximate surface area is 189 Å². The van der Waals surface area contributed by atoms with Crippen molar-refractivity contribution < 1.29 is 52.5 Å². The molecule has 0 saturated carbocycles. The maximum atomic E-state index is 11.4. The Kier molecular flexibility index (Phi) is 23.9. The highest BCUT2D eigenvalue weighted by Crippen LogP contribution is 2.12. The van der Waals surface area contributed by atoms with Crippen LogP contribution in [-0.2, 0) is 52.5 Å². The molecule has 186 valence electrons. The quantitative estimate of drug-likeness (QED) is 0.153. The number of rotatable bonds is 10. The number of methoxy groups -OCH3 is 5. The molecule has 11 heteroatoms. The van der Waals surface area contributed by atoms with Crippen LogP contribution in [-0.4, -0.2) is 71.2 Å². The van der Waals surface area contributed by atoms with E-state index in [0.29, 0.717) is 19.3 Å². The zero-order chi connectivity index (χ0) is 25.5. The predicted molar refractivity (Wildman–Crippen MR) is 112 cm³/mol. The molecule has 0 N–H and O–H groups in total. The molecular weight excluding hydrogens is 428 g/mol. The molecule has 0 aromatic carbocycles. The van der Waals surface area contributed by atoms with Crippen molar-refractivity contribution in [3.8, 4) is 0 Å². The van der Waals surface area contributed by atoms with Gasteiger partial charge in [0, 0.05) is 6.42 Å². The molecule has 0 aliphatic carbocycles. The van der Waals surface area contributed by atoms with E-state index < -0.39 is 35.6 Å². The van der Waals surface area contributed by atoms with Crippen LogP contribution >= 0.6 is 0 Å². The molecule has 0 radical (unpaired) electrons. The van der Waals surface area contributed by atoms with Gasteiger partial charge in [0.2, 0.25) is 0 Å². The third-order valence-electron chi connectivity index (χ3n) is 3.78. The van der Waals surface area contributed by atoms with Crippen molar-refractivity contribution in [1.29, 1.82) is 0 Å². The van der Waals surface area contributed by atoms with Gasteiger partial charge in [0.1, 0.15) is 5.92 Å². The van der Waals surface area contributed by atoms with Gasteiger partial charge in [-0.05, 0) is 12.8 Å². The summed E-state index contributed by atoms with van der Waals surface area (Å²) >= 11 is 0. The van der Waals surface area contributed by atoms with Crippen LogP contribution in [0.3, 0.4) is 0 Å². The molecule has 0 aliphatic rings. The molecule has 0 rings (SSSR count). The Morgan fingerprint density at radius 3 is 1.41 bits per heavy atom. The highest BCUT2D eigenvalue weighted by molar-refractivity contribution is 6.37. The van der Waals surface area contributed by atoms with Crippen molar-refractivity contribution in [2.75, 3.05) is 35.5 Å². The molecule has 0 saturated heterocycles. The molecule has 0 spiro atoms. The average Bonchev–Trinajstić information content (AvgIpc) is 2.82. The molecule has 32 heavy (non-hydrogen) atoms. The maximum absolute atomic E-state index is 11.4. The third-order valence-corrected chi connectivity index (χ3v) is 3.78. The SMILES string of the molecule is CCCCCC(=O)OC.CCCC[C@H](C(=O)OC)C(=O)C(=O)OC.COC(=O)C(=O)OC. The second-order valence-electron chi connectivity index (χ2n) is 6.09. The normalized spacial score (nSPS) is 9.97. The molecule has 1 atom stereocenters. The Morgan fingerprint density at radius 2 is 1.06 bits per heavy atom. The summed E-state index contributed by atoms with van der Waals surface area (Å²) in [5.41, 5.74) is 0. The summed E-state index contributed by atoms with van der Waals surface area (Å²) in [6.45, 7) is 4.04. The van der Waals surface area contributed by atoms with Crippen LogP contribution in [0.5, 0.6) is 0 Å². The van der Waals surface area contributed by atoms with Crippen LogP contribution in [0.15, 0.2) is 0 Å². The number of carbonyl (C=O) groups is 6. The maximum Gasteiger partial charge on any atom is 0.417 e. The topological polar surface area (TPSA) is 149 Å². The van der Waals surface area contributed by atoms with E-state index in [2.05, 4.69) is 30.6 Å². The monoisotopic (exact) mass is 464 g/mol. The van der Waals surface area contributed by atoms with Gasteiger partial charge in [-0.25, -0.2) is 14.4 Å². The number of Topliss-reactive ketones (excluding diaryl/α,β-unsaturated/α-hetero) is 1. The number of carbonyl (C=O) groups excluding carboxylic acids is 6. The Balaban J connectivity index is -0.000000424. The lowest BCUT2D eigenvalue weighted by molar-refractivity contribution is -0.164. The zero-order valence-corrected chi connectivity index (χ0v) is 20.0. The van der Waals surface area contributed by atoms with Crippen LogP contribution in [0.4, 0.5) is 0 Å². The van der Waals surface area contributed by atoms with Gasteiger partial charge in [-0.2, -0.15) is 0 Å². The lowest BCUT2D eigenvalue weighted by atomic mass is 9.97. The van der Waals surface area contributed by atoms with Gasteiger partial charge < -0.3 is 23.7 Å². The molecule has 0 aromatic rings. The van der Waals surface area contributed by atoms with E-state index in [1.165, 1.54) is 14.2 Å². The molecule has 0 fully saturated rings. The van der Waals surface area contributed by atoms with Crippen LogP contribution in [0, 0.1) is 5.92 Å². The first-order valence-corrected chi connectivity index (χ1v) is 10.0. The van der Waals surface area contributed by atoms with Gasteiger partial charge >= 0.3 is 29.8 Å². The predicted octanol–water partition coefficient (Wildman–Crippen LogP) is 1.78. The zero-order valence-electron chi connectivity index (χ0n) is 20.0. The number of ether oxygens (including phenoxy) is 5. The summed E-state index contributed by atoms with van der Waals surface area (Å²) in [7, 11) is 5.94. The second kappa shape index (κ2) is 22.7. The van der Waals surface area contributed by atoms with E-state index in [1.54, 1.807) is 0 Å². The van der Waals surface area contributed by atoms with Crippen molar-refractivity contribution in [3.63, 3.8) is 0 Å². The molecule has 0 amide bonds. The highest BCUT2D eigenvalue weighted by Gasteiger charge is 2.32. The van der Waals surface area contributed by atoms with Crippen molar-refractivity contribution in [3.05, 3.63) is 0 Å². The van der Waals surface area contributed by atoms with E-state index in [1.807, 2.05) is 6.92 Å². The summed E-state index contributed by atoms with van der Waals surface area (Å²) in [6.07, 6.45) is 5.64. The smallest absolute Gasteiger partial charge is 0.417 e. The largest absolute Gasteiger partial charge is 0.469 e. The fraction of sp³-hybridized carbons (Fsp3) is 0.714. The Bertz CT molecular complexity index is 570. The van der Waals surface area contributed by atoms with Crippen molar-refractivity contribution >= 4 is 35.6 Å². The van der Waals surface area contributed by atoms with Gasteiger partial charge in [-0.15, -0.1) is 0 Å². The van der Waals surface area contributed by atoms with Crippen LogP contribution in [0.25, 0.3) is 0 Å². The first-order valence-electron chi connectivity index (χ1n) is 10.0. The number of esters is 5. The van der Waals surface area contributed by atoms with Gasteiger partial charge in [0.05, 0.1) is 35.5 Å².